The summed E-state index contributed by atoms with van der Waals surface area (Å²) in [5.41, 5.74) is 9.49. The smallest absolute Gasteiger partial charge is 0.247 e. The van der Waals surface area contributed by atoms with Gasteiger partial charge in [0.2, 0.25) is 11.8 Å². The maximum absolute atomic E-state index is 13.3. The number of benzene rings is 3. The molecule has 29 heavy (non-hydrogen) atoms. The van der Waals surface area contributed by atoms with Crippen molar-refractivity contribution < 1.29 is 9.59 Å². The van der Waals surface area contributed by atoms with Gasteiger partial charge in [-0.15, -0.1) is 0 Å². The molecule has 1 aliphatic heterocycles. The highest BCUT2D eigenvalue weighted by Gasteiger charge is 2.44. The minimum Gasteiger partial charge on any atom is -0.325 e. The standard InChI is InChI=1S/C24H23N3O2/c1-16-9-8-14-19(15-16)25-23(28)21-20(17-10-4-2-5-11-17)22(26-27-24(21)29)18-12-6-3-7-13-18/h2-15,20-22,26H,1H3,(H,25,28)(H,27,29). The van der Waals surface area contributed by atoms with Gasteiger partial charge in [0.25, 0.3) is 0 Å². The molecule has 0 radical (unpaired) electrons. The number of hydrazine groups is 1. The normalized spacial score (nSPS) is 21.3. The Hall–Kier alpha value is -3.44. The van der Waals surface area contributed by atoms with E-state index in [1.54, 1.807) is 0 Å². The summed E-state index contributed by atoms with van der Waals surface area (Å²) in [6.45, 7) is 1.96. The molecule has 1 fully saturated rings. The van der Waals surface area contributed by atoms with Gasteiger partial charge in [-0.2, -0.15) is 0 Å². The summed E-state index contributed by atoms with van der Waals surface area (Å²) in [6.07, 6.45) is 0. The molecule has 3 atom stereocenters. The topological polar surface area (TPSA) is 70.2 Å². The third kappa shape index (κ3) is 4.05. The molecule has 146 valence electrons. The molecule has 1 heterocycles. The summed E-state index contributed by atoms with van der Waals surface area (Å²) in [7, 11) is 0. The van der Waals surface area contributed by atoms with Crippen molar-refractivity contribution in [3.8, 4) is 0 Å². The predicted octanol–water partition coefficient (Wildman–Crippen LogP) is 3.71. The monoisotopic (exact) mass is 385 g/mol. The van der Waals surface area contributed by atoms with Gasteiger partial charge in [-0.25, -0.2) is 5.43 Å². The molecule has 2 amide bonds. The van der Waals surface area contributed by atoms with Gasteiger partial charge in [0.15, 0.2) is 0 Å². The van der Waals surface area contributed by atoms with Gasteiger partial charge in [0.1, 0.15) is 5.92 Å². The van der Waals surface area contributed by atoms with E-state index in [1.165, 1.54) is 0 Å². The zero-order valence-corrected chi connectivity index (χ0v) is 16.1. The lowest BCUT2D eigenvalue weighted by Gasteiger charge is -2.38. The Morgan fingerprint density at radius 1 is 0.862 bits per heavy atom. The van der Waals surface area contributed by atoms with Gasteiger partial charge in [-0.1, -0.05) is 72.8 Å². The maximum Gasteiger partial charge on any atom is 0.247 e. The lowest BCUT2D eigenvalue weighted by molar-refractivity contribution is -0.137. The number of hydrogen-bond acceptors (Lipinski definition) is 3. The fourth-order valence-electron chi connectivity index (χ4n) is 3.91. The molecule has 0 spiro atoms. The summed E-state index contributed by atoms with van der Waals surface area (Å²) >= 11 is 0. The van der Waals surface area contributed by atoms with Gasteiger partial charge in [-0.05, 0) is 35.7 Å². The first-order valence-corrected chi connectivity index (χ1v) is 9.66. The Morgan fingerprint density at radius 2 is 1.52 bits per heavy atom. The average molecular weight is 385 g/mol. The second-order valence-electron chi connectivity index (χ2n) is 7.29. The van der Waals surface area contributed by atoms with Crippen LogP contribution in [0.2, 0.25) is 0 Å². The van der Waals surface area contributed by atoms with E-state index in [0.717, 1.165) is 16.7 Å². The van der Waals surface area contributed by atoms with E-state index >= 15 is 0 Å². The Kier molecular flexibility index (Phi) is 5.40. The molecule has 3 aromatic rings. The fourth-order valence-corrected chi connectivity index (χ4v) is 3.91. The van der Waals surface area contributed by atoms with Crippen molar-refractivity contribution in [1.29, 1.82) is 0 Å². The van der Waals surface area contributed by atoms with E-state index in [4.69, 9.17) is 0 Å². The highest BCUT2D eigenvalue weighted by molar-refractivity contribution is 6.07. The van der Waals surface area contributed by atoms with Crippen molar-refractivity contribution >= 4 is 17.5 Å². The fraction of sp³-hybridized carbons (Fsp3) is 0.167. The summed E-state index contributed by atoms with van der Waals surface area (Å²) in [4.78, 5) is 26.1. The first kappa shape index (κ1) is 18.9. The lowest BCUT2D eigenvalue weighted by Crippen LogP contribution is -2.56. The molecule has 0 saturated carbocycles. The van der Waals surface area contributed by atoms with Gasteiger partial charge in [0, 0.05) is 11.6 Å². The van der Waals surface area contributed by atoms with E-state index < -0.39 is 5.92 Å². The zero-order valence-electron chi connectivity index (χ0n) is 16.1. The predicted molar refractivity (Wildman–Crippen MR) is 113 cm³/mol. The Morgan fingerprint density at radius 3 is 2.17 bits per heavy atom. The number of hydrogen-bond donors (Lipinski definition) is 3. The first-order chi connectivity index (χ1) is 14.1. The molecule has 5 nitrogen and oxygen atoms in total. The lowest BCUT2D eigenvalue weighted by atomic mass is 9.76. The highest BCUT2D eigenvalue weighted by Crippen LogP contribution is 2.39. The number of nitrogens with one attached hydrogen (secondary N) is 3. The second-order valence-corrected chi connectivity index (χ2v) is 7.29. The highest BCUT2D eigenvalue weighted by atomic mass is 16.2. The molecule has 3 unspecified atom stereocenters. The maximum atomic E-state index is 13.3. The molecule has 1 aliphatic rings. The van der Waals surface area contributed by atoms with Crippen molar-refractivity contribution in [3.63, 3.8) is 0 Å². The Labute approximate surface area is 170 Å². The average Bonchev–Trinajstić information content (AvgIpc) is 2.74. The molecule has 4 rings (SSSR count). The third-order valence-electron chi connectivity index (χ3n) is 5.26. The van der Waals surface area contributed by atoms with E-state index in [2.05, 4.69) is 16.2 Å². The van der Waals surface area contributed by atoms with Crippen LogP contribution in [0.15, 0.2) is 84.9 Å². The van der Waals surface area contributed by atoms with Gasteiger partial charge < -0.3 is 5.32 Å². The van der Waals surface area contributed by atoms with Crippen molar-refractivity contribution in [2.45, 2.75) is 18.9 Å². The molecule has 5 heteroatoms. The minimum absolute atomic E-state index is 0.232. The number of carbonyl (C=O) groups is 2. The van der Waals surface area contributed by atoms with Crippen molar-refractivity contribution in [1.82, 2.24) is 10.9 Å². The number of anilines is 1. The van der Waals surface area contributed by atoms with Gasteiger partial charge >= 0.3 is 0 Å². The number of carbonyl (C=O) groups excluding carboxylic acids is 2. The number of aryl methyl sites for hydroxylation is 1. The Balaban J connectivity index is 1.72. The van der Waals surface area contributed by atoms with Crippen LogP contribution in [0.1, 0.15) is 28.7 Å². The molecule has 3 N–H and O–H groups in total. The van der Waals surface area contributed by atoms with E-state index in [9.17, 15) is 9.59 Å². The quantitative estimate of drug-likeness (QED) is 0.600. The molecule has 0 aliphatic carbocycles. The molecule has 0 aromatic heterocycles. The zero-order chi connectivity index (χ0) is 20.2. The van der Waals surface area contributed by atoms with Crippen LogP contribution in [-0.2, 0) is 9.59 Å². The van der Waals surface area contributed by atoms with Crippen LogP contribution < -0.4 is 16.2 Å². The minimum atomic E-state index is -0.871. The van der Waals surface area contributed by atoms with Crippen molar-refractivity contribution in [2.24, 2.45) is 5.92 Å². The molecule has 3 aromatic carbocycles. The van der Waals surface area contributed by atoms with Crippen LogP contribution >= 0.6 is 0 Å². The molecule has 0 bridgehead atoms. The number of amides is 2. The summed E-state index contributed by atoms with van der Waals surface area (Å²) in [5, 5.41) is 2.93. The van der Waals surface area contributed by atoms with Crippen LogP contribution in [-0.4, -0.2) is 11.8 Å². The van der Waals surface area contributed by atoms with E-state index in [-0.39, 0.29) is 23.8 Å². The third-order valence-corrected chi connectivity index (χ3v) is 5.26. The SMILES string of the molecule is Cc1cccc(NC(=O)C2C(=O)NNC(c3ccccc3)C2c2ccccc2)c1. The molecule has 1 saturated heterocycles. The van der Waals surface area contributed by atoms with Crippen LogP contribution in [0.3, 0.4) is 0 Å². The van der Waals surface area contributed by atoms with Crippen molar-refractivity contribution in [2.75, 3.05) is 5.32 Å². The van der Waals surface area contributed by atoms with E-state index in [0.29, 0.717) is 5.69 Å². The molecular weight excluding hydrogens is 362 g/mol. The van der Waals surface area contributed by atoms with E-state index in [1.807, 2.05) is 91.9 Å². The van der Waals surface area contributed by atoms with Crippen LogP contribution in [0.25, 0.3) is 0 Å². The number of rotatable bonds is 4. The van der Waals surface area contributed by atoms with Crippen LogP contribution in [0.5, 0.6) is 0 Å². The van der Waals surface area contributed by atoms with Crippen LogP contribution in [0, 0.1) is 12.8 Å². The van der Waals surface area contributed by atoms with Crippen molar-refractivity contribution in [3.05, 3.63) is 102 Å². The Bertz CT molecular complexity index is 1000. The summed E-state index contributed by atoms with van der Waals surface area (Å²) in [6, 6.07) is 26.9. The summed E-state index contributed by atoms with van der Waals surface area (Å²) < 4.78 is 0. The largest absolute Gasteiger partial charge is 0.325 e. The van der Waals surface area contributed by atoms with Crippen LogP contribution in [0.4, 0.5) is 5.69 Å². The summed E-state index contributed by atoms with van der Waals surface area (Å²) in [5.74, 6) is -1.87. The van der Waals surface area contributed by atoms with Gasteiger partial charge in [-0.3, -0.25) is 15.0 Å². The van der Waals surface area contributed by atoms with Gasteiger partial charge in [0.05, 0.1) is 6.04 Å². The first-order valence-electron chi connectivity index (χ1n) is 9.66. The molecular formula is C24H23N3O2. The second kappa shape index (κ2) is 8.29.